The van der Waals surface area contributed by atoms with Crippen molar-refractivity contribution in [3.05, 3.63) is 29.6 Å². The second kappa shape index (κ2) is 8.53. The molecule has 112 valence electrons. The van der Waals surface area contributed by atoms with E-state index in [4.69, 9.17) is 4.74 Å². The molecule has 0 spiro atoms. The number of benzene rings is 1. The van der Waals surface area contributed by atoms with Crippen LogP contribution in [0, 0.1) is 5.82 Å². The number of rotatable bonds is 8. The van der Waals surface area contributed by atoms with Crippen molar-refractivity contribution in [2.45, 2.75) is 32.7 Å². The van der Waals surface area contributed by atoms with Crippen LogP contribution in [0.3, 0.4) is 0 Å². The summed E-state index contributed by atoms with van der Waals surface area (Å²) in [6.45, 7) is 5.06. The van der Waals surface area contributed by atoms with Gasteiger partial charge in [0.1, 0.15) is 0 Å². The molecular weight excluding hydrogens is 261 g/mol. The number of ether oxygens (including phenoxy) is 2. The highest BCUT2D eigenvalue weighted by molar-refractivity contribution is 5.69. The molecule has 0 radical (unpaired) electrons. The van der Waals surface area contributed by atoms with Crippen LogP contribution in [0.25, 0.3) is 0 Å². The van der Waals surface area contributed by atoms with E-state index < -0.39 is 5.82 Å². The van der Waals surface area contributed by atoms with Gasteiger partial charge in [-0.25, -0.2) is 4.39 Å². The molecule has 0 saturated carbocycles. The molecule has 20 heavy (non-hydrogen) atoms. The smallest absolute Gasteiger partial charge is 0.308 e. The Morgan fingerprint density at radius 1 is 1.45 bits per heavy atom. The first kappa shape index (κ1) is 16.4. The summed E-state index contributed by atoms with van der Waals surface area (Å²) >= 11 is 0. The third-order valence-electron chi connectivity index (χ3n) is 2.95. The molecule has 1 atom stereocenters. The summed E-state index contributed by atoms with van der Waals surface area (Å²) in [4.78, 5) is 10.9. The van der Waals surface area contributed by atoms with Crippen LogP contribution >= 0.6 is 0 Å². The van der Waals surface area contributed by atoms with Crippen LogP contribution in [-0.2, 0) is 9.53 Å². The lowest BCUT2D eigenvalue weighted by Crippen LogP contribution is -2.19. The van der Waals surface area contributed by atoms with Gasteiger partial charge in [0.15, 0.2) is 11.6 Å². The number of halogens is 1. The minimum absolute atomic E-state index is 0.0913. The van der Waals surface area contributed by atoms with Crippen molar-refractivity contribution >= 4 is 5.97 Å². The number of methoxy groups -OCH3 is 1. The van der Waals surface area contributed by atoms with Gasteiger partial charge < -0.3 is 14.8 Å². The molecule has 0 aromatic heterocycles. The second-order valence-corrected chi connectivity index (χ2v) is 4.54. The number of carbonyl (C=O) groups excluding carboxylic acids is 1. The highest BCUT2D eigenvalue weighted by Crippen LogP contribution is 2.22. The standard InChI is InChI=1S/C15H22FNO3/c1-4-8-17-11(2)12-5-6-14(13(16)10-12)20-9-7-15(18)19-3/h5-6,10-11,17H,4,7-9H2,1-3H3. The number of nitrogens with one attached hydrogen (secondary N) is 1. The maximum atomic E-state index is 13.9. The maximum absolute atomic E-state index is 13.9. The van der Waals surface area contributed by atoms with Crippen molar-refractivity contribution in [2.75, 3.05) is 20.3 Å². The first-order chi connectivity index (χ1) is 9.58. The number of hydrogen-bond donors (Lipinski definition) is 1. The summed E-state index contributed by atoms with van der Waals surface area (Å²) in [5.41, 5.74) is 0.872. The lowest BCUT2D eigenvalue weighted by atomic mass is 10.1. The zero-order valence-electron chi connectivity index (χ0n) is 12.2. The number of hydrogen-bond acceptors (Lipinski definition) is 4. The molecule has 0 amide bonds. The first-order valence-electron chi connectivity index (χ1n) is 6.81. The maximum Gasteiger partial charge on any atom is 0.308 e. The normalized spacial score (nSPS) is 12.0. The Labute approximate surface area is 119 Å². The Morgan fingerprint density at radius 3 is 2.80 bits per heavy atom. The summed E-state index contributed by atoms with van der Waals surface area (Å²) in [6, 6.07) is 4.96. The van der Waals surface area contributed by atoms with Gasteiger partial charge in [0.25, 0.3) is 0 Å². The Morgan fingerprint density at radius 2 is 2.20 bits per heavy atom. The van der Waals surface area contributed by atoms with Crippen LogP contribution in [0.4, 0.5) is 4.39 Å². The van der Waals surface area contributed by atoms with E-state index in [0.29, 0.717) is 0 Å². The van der Waals surface area contributed by atoms with Gasteiger partial charge in [-0.15, -0.1) is 0 Å². The van der Waals surface area contributed by atoms with E-state index in [1.54, 1.807) is 6.07 Å². The third-order valence-corrected chi connectivity index (χ3v) is 2.95. The van der Waals surface area contributed by atoms with Crippen molar-refractivity contribution in [1.82, 2.24) is 5.32 Å². The van der Waals surface area contributed by atoms with Crippen molar-refractivity contribution in [3.8, 4) is 5.75 Å². The summed E-state index contributed by atoms with van der Waals surface area (Å²) in [7, 11) is 1.31. The van der Waals surface area contributed by atoms with Crippen molar-refractivity contribution in [2.24, 2.45) is 0 Å². The van der Waals surface area contributed by atoms with E-state index in [9.17, 15) is 9.18 Å². The third kappa shape index (κ3) is 5.17. The molecule has 0 aliphatic heterocycles. The Bertz CT molecular complexity index is 437. The highest BCUT2D eigenvalue weighted by atomic mass is 19.1. The molecule has 0 fully saturated rings. The molecule has 1 rings (SSSR count). The van der Waals surface area contributed by atoms with Crippen molar-refractivity contribution in [1.29, 1.82) is 0 Å². The molecule has 1 N–H and O–H groups in total. The van der Waals surface area contributed by atoms with E-state index in [2.05, 4.69) is 17.0 Å². The molecule has 0 bridgehead atoms. The lowest BCUT2D eigenvalue weighted by molar-refractivity contribution is -0.141. The topological polar surface area (TPSA) is 47.6 Å². The van der Waals surface area contributed by atoms with E-state index in [0.717, 1.165) is 18.5 Å². The molecule has 1 aromatic rings. The van der Waals surface area contributed by atoms with Gasteiger partial charge in [0.2, 0.25) is 0 Å². The highest BCUT2D eigenvalue weighted by Gasteiger charge is 2.10. The van der Waals surface area contributed by atoms with Gasteiger partial charge in [0.05, 0.1) is 20.1 Å². The van der Waals surface area contributed by atoms with Gasteiger partial charge in [-0.3, -0.25) is 4.79 Å². The fraction of sp³-hybridized carbons (Fsp3) is 0.533. The van der Waals surface area contributed by atoms with Gasteiger partial charge in [-0.05, 0) is 37.6 Å². The molecule has 1 unspecified atom stereocenters. The van der Waals surface area contributed by atoms with E-state index in [1.807, 2.05) is 13.0 Å². The summed E-state index contributed by atoms with van der Waals surface area (Å²) in [5, 5.41) is 3.29. The van der Waals surface area contributed by atoms with Gasteiger partial charge in [-0.2, -0.15) is 0 Å². The second-order valence-electron chi connectivity index (χ2n) is 4.54. The first-order valence-corrected chi connectivity index (χ1v) is 6.81. The van der Waals surface area contributed by atoms with Crippen LogP contribution < -0.4 is 10.1 Å². The van der Waals surface area contributed by atoms with Gasteiger partial charge in [-0.1, -0.05) is 13.0 Å². The SMILES string of the molecule is CCCNC(C)c1ccc(OCCC(=O)OC)c(F)c1. The van der Waals surface area contributed by atoms with E-state index in [-0.39, 0.29) is 30.8 Å². The largest absolute Gasteiger partial charge is 0.490 e. The molecule has 0 saturated heterocycles. The van der Waals surface area contributed by atoms with Crippen LogP contribution in [0.2, 0.25) is 0 Å². The van der Waals surface area contributed by atoms with E-state index >= 15 is 0 Å². The fourth-order valence-electron chi connectivity index (χ4n) is 1.73. The predicted octanol–water partition coefficient (Wildman–Crippen LogP) is 2.83. The molecule has 0 aliphatic carbocycles. The van der Waals surface area contributed by atoms with Gasteiger partial charge in [0, 0.05) is 6.04 Å². The minimum Gasteiger partial charge on any atom is -0.490 e. The number of carbonyl (C=O) groups is 1. The zero-order chi connectivity index (χ0) is 15.0. The van der Waals surface area contributed by atoms with Crippen LogP contribution in [-0.4, -0.2) is 26.2 Å². The van der Waals surface area contributed by atoms with Crippen molar-refractivity contribution < 1.29 is 18.7 Å². The summed E-state index contributed by atoms with van der Waals surface area (Å²) in [5.74, 6) is -0.641. The zero-order valence-corrected chi connectivity index (χ0v) is 12.2. The lowest BCUT2D eigenvalue weighted by Gasteiger charge is -2.15. The van der Waals surface area contributed by atoms with Gasteiger partial charge >= 0.3 is 5.97 Å². The Balaban J connectivity index is 2.56. The van der Waals surface area contributed by atoms with Crippen LogP contribution in [0.5, 0.6) is 5.75 Å². The molecule has 4 nitrogen and oxygen atoms in total. The summed E-state index contributed by atoms with van der Waals surface area (Å²) in [6.07, 6.45) is 1.13. The Hall–Kier alpha value is -1.62. The quantitative estimate of drug-likeness (QED) is 0.745. The predicted molar refractivity (Wildman–Crippen MR) is 75.2 cm³/mol. The van der Waals surface area contributed by atoms with Crippen molar-refractivity contribution in [3.63, 3.8) is 0 Å². The Kier molecular flexibility index (Phi) is 7.01. The average Bonchev–Trinajstić information content (AvgIpc) is 2.46. The average molecular weight is 283 g/mol. The summed E-state index contributed by atoms with van der Waals surface area (Å²) < 4.78 is 23.6. The molecule has 0 heterocycles. The molecule has 0 aliphatic rings. The molecule has 5 heteroatoms. The minimum atomic E-state index is -0.419. The fourth-order valence-corrected chi connectivity index (χ4v) is 1.73. The molecular formula is C15H22FNO3. The monoisotopic (exact) mass is 283 g/mol. The van der Waals surface area contributed by atoms with E-state index in [1.165, 1.54) is 13.2 Å². The van der Waals surface area contributed by atoms with Crippen LogP contribution in [0.15, 0.2) is 18.2 Å². The molecule has 1 aromatic carbocycles. The van der Waals surface area contributed by atoms with Crippen LogP contribution in [0.1, 0.15) is 38.3 Å². The number of esters is 1.